The van der Waals surface area contributed by atoms with E-state index in [4.69, 9.17) is 14.0 Å². The summed E-state index contributed by atoms with van der Waals surface area (Å²) in [4.78, 5) is 6.85. The molecule has 1 aromatic carbocycles. The Kier molecular flexibility index (Phi) is 6.46. The first kappa shape index (κ1) is 18.7. The van der Waals surface area contributed by atoms with Crippen molar-refractivity contribution in [3.63, 3.8) is 0 Å². The maximum Gasteiger partial charge on any atom is 0.258 e. The highest BCUT2D eigenvalue weighted by Crippen LogP contribution is 2.33. The quantitative estimate of drug-likeness (QED) is 0.776. The first-order chi connectivity index (χ1) is 12.7. The van der Waals surface area contributed by atoms with Crippen LogP contribution in [-0.2, 0) is 0 Å². The zero-order valence-electron chi connectivity index (χ0n) is 15.8. The van der Waals surface area contributed by atoms with Gasteiger partial charge in [0.05, 0.1) is 19.3 Å². The van der Waals surface area contributed by atoms with Crippen molar-refractivity contribution in [2.75, 3.05) is 39.9 Å². The van der Waals surface area contributed by atoms with Crippen molar-refractivity contribution < 1.29 is 14.0 Å². The molecule has 1 aromatic heterocycles. The highest BCUT2D eigenvalue weighted by atomic mass is 16.5. The zero-order chi connectivity index (χ0) is 18.4. The molecule has 142 valence electrons. The molecular weight excluding hydrogens is 332 g/mol. The molecule has 7 heteroatoms. The smallest absolute Gasteiger partial charge is 0.258 e. The van der Waals surface area contributed by atoms with Crippen LogP contribution in [-0.4, -0.2) is 54.9 Å². The van der Waals surface area contributed by atoms with Crippen molar-refractivity contribution in [3.05, 3.63) is 24.0 Å². The van der Waals surface area contributed by atoms with Crippen molar-refractivity contribution in [2.45, 2.75) is 32.7 Å². The third-order valence-corrected chi connectivity index (χ3v) is 4.36. The number of nitrogens with zero attached hydrogens (tertiary/aromatic N) is 3. The predicted octanol–water partition coefficient (Wildman–Crippen LogP) is 2.89. The summed E-state index contributed by atoms with van der Waals surface area (Å²) in [5, 5.41) is 7.56. The minimum absolute atomic E-state index is 0.129. The Bertz CT molecular complexity index is 704. The van der Waals surface area contributed by atoms with Crippen LogP contribution in [0.4, 0.5) is 0 Å². The zero-order valence-corrected chi connectivity index (χ0v) is 15.8. The standard InChI is InChI=1S/C19H28N4O3/c1-4-10-24-16-7-6-14(12-17(16)25-11-5-2)19-21-18(22-26-19)15-13-20-8-9-23(15)3/h6-7,12,15,20H,4-5,8-11,13H2,1-3H3. The molecule has 0 spiro atoms. The Morgan fingerprint density at radius 2 is 1.96 bits per heavy atom. The monoisotopic (exact) mass is 360 g/mol. The van der Waals surface area contributed by atoms with Gasteiger partial charge in [0.1, 0.15) is 0 Å². The van der Waals surface area contributed by atoms with Gasteiger partial charge in [-0.25, -0.2) is 0 Å². The number of hydrogen-bond acceptors (Lipinski definition) is 7. The van der Waals surface area contributed by atoms with Gasteiger partial charge in [0, 0.05) is 25.2 Å². The number of rotatable bonds is 8. The number of hydrogen-bond donors (Lipinski definition) is 1. The topological polar surface area (TPSA) is 72.7 Å². The maximum atomic E-state index is 5.85. The fourth-order valence-corrected chi connectivity index (χ4v) is 2.88. The van der Waals surface area contributed by atoms with E-state index in [0.717, 1.165) is 43.8 Å². The average molecular weight is 360 g/mol. The molecule has 1 fully saturated rings. The lowest BCUT2D eigenvalue weighted by Crippen LogP contribution is -2.44. The van der Waals surface area contributed by atoms with Gasteiger partial charge in [0.2, 0.25) is 0 Å². The van der Waals surface area contributed by atoms with Crippen LogP contribution in [0.2, 0.25) is 0 Å². The molecule has 2 heterocycles. The van der Waals surface area contributed by atoms with Crippen molar-refractivity contribution >= 4 is 0 Å². The predicted molar refractivity (Wildman–Crippen MR) is 99.5 cm³/mol. The van der Waals surface area contributed by atoms with E-state index in [1.807, 2.05) is 18.2 Å². The van der Waals surface area contributed by atoms with Gasteiger partial charge in [-0.2, -0.15) is 4.98 Å². The fourth-order valence-electron chi connectivity index (χ4n) is 2.88. The Morgan fingerprint density at radius 3 is 2.69 bits per heavy atom. The molecule has 1 aliphatic heterocycles. The molecule has 2 aromatic rings. The van der Waals surface area contributed by atoms with Crippen LogP contribution >= 0.6 is 0 Å². The molecule has 3 rings (SSSR count). The third-order valence-electron chi connectivity index (χ3n) is 4.36. The van der Waals surface area contributed by atoms with E-state index in [9.17, 15) is 0 Å². The molecule has 0 saturated carbocycles. The number of likely N-dealkylation sites (N-methyl/N-ethyl adjacent to an activating group) is 1. The summed E-state index contributed by atoms with van der Waals surface area (Å²) < 4.78 is 17.2. The molecule has 0 amide bonds. The highest BCUT2D eigenvalue weighted by Gasteiger charge is 2.25. The van der Waals surface area contributed by atoms with Gasteiger partial charge in [-0.1, -0.05) is 19.0 Å². The fraction of sp³-hybridized carbons (Fsp3) is 0.579. The minimum atomic E-state index is 0.129. The van der Waals surface area contributed by atoms with E-state index in [1.165, 1.54) is 0 Å². The molecule has 0 bridgehead atoms. The molecule has 1 unspecified atom stereocenters. The first-order valence-corrected chi connectivity index (χ1v) is 9.37. The van der Waals surface area contributed by atoms with Gasteiger partial charge in [-0.3, -0.25) is 4.90 Å². The number of piperazine rings is 1. The van der Waals surface area contributed by atoms with E-state index >= 15 is 0 Å². The van der Waals surface area contributed by atoms with Crippen LogP contribution in [0, 0.1) is 0 Å². The average Bonchev–Trinajstić information content (AvgIpc) is 3.15. The second-order valence-corrected chi connectivity index (χ2v) is 6.52. The number of nitrogens with one attached hydrogen (secondary N) is 1. The summed E-state index contributed by atoms with van der Waals surface area (Å²) in [5.74, 6) is 2.67. The van der Waals surface area contributed by atoms with Crippen molar-refractivity contribution in [1.82, 2.24) is 20.4 Å². The lowest BCUT2D eigenvalue weighted by molar-refractivity contribution is 0.190. The summed E-state index contributed by atoms with van der Waals surface area (Å²) in [6, 6.07) is 5.89. The van der Waals surface area contributed by atoms with E-state index in [0.29, 0.717) is 30.7 Å². The summed E-state index contributed by atoms with van der Waals surface area (Å²) in [6.07, 6.45) is 1.88. The van der Waals surface area contributed by atoms with Crippen LogP contribution in [0.15, 0.2) is 22.7 Å². The summed E-state index contributed by atoms with van der Waals surface area (Å²) in [7, 11) is 2.08. The van der Waals surface area contributed by atoms with E-state index in [-0.39, 0.29) is 6.04 Å². The number of benzene rings is 1. The maximum absolute atomic E-state index is 5.85. The summed E-state index contributed by atoms with van der Waals surface area (Å²) in [5.41, 5.74) is 0.838. The molecule has 7 nitrogen and oxygen atoms in total. The third kappa shape index (κ3) is 4.34. The van der Waals surface area contributed by atoms with Crippen LogP contribution in [0.25, 0.3) is 11.5 Å². The van der Waals surface area contributed by atoms with Gasteiger partial charge < -0.3 is 19.3 Å². The van der Waals surface area contributed by atoms with E-state index in [1.54, 1.807) is 0 Å². The van der Waals surface area contributed by atoms with Crippen LogP contribution in [0.5, 0.6) is 11.5 Å². The molecular formula is C19H28N4O3. The Labute approximate surface area is 154 Å². The van der Waals surface area contributed by atoms with Gasteiger partial charge in [0.15, 0.2) is 17.3 Å². The first-order valence-electron chi connectivity index (χ1n) is 9.37. The van der Waals surface area contributed by atoms with Gasteiger partial charge in [-0.15, -0.1) is 0 Å². The Hall–Kier alpha value is -2.12. The molecule has 0 aliphatic carbocycles. The van der Waals surface area contributed by atoms with Gasteiger partial charge in [-0.05, 0) is 38.1 Å². The van der Waals surface area contributed by atoms with Crippen molar-refractivity contribution in [3.8, 4) is 23.0 Å². The number of aromatic nitrogens is 2. The molecule has 1 aliphatic rings. The van der Waals surface area contributed by atoms with Crippen LogP contribution in [0.3, 0.4) is 0 Å². The minimum Gasteiger partial charge on any atom is -0.490 e. The van der Waals surface area contributed by atoms with Gasteiger partial charge >= 0.3 is 0 Å². The van der Waals surface area contributed by atoms with Gasteiger partial charge in [0.25, 0.3) is 5.89 Å². The second-order valence-electron chi connectivity index (χ2n) is 6.52. The van der Waals surface area contributed by atoms with Crippen molar-refractivity contribution in [1.29, 1.82) is 0 Å². The molecule has 1 atom stereocenters. The SMILES string of the molecule is CCCOc1ccc(-c2nc(C3CNCCN3C)no2)cc1OCCC. The van der Waals surface area contributed by atoms with Crippen LogP contribution in [0.1, 0.15) is 38.6 Å². The van der Waals surface area contributed by atoms with Crippen LogP contribution < -0.4 is 14.8 Å². The normalized spacial score (nSPS) is 18.0. The Balaban J connectivity index is 1.82. The summed E-state index contributed by atoms with van der Waals surface area (Å²) >= 11 is 0. The molecule has 1 saturated heterocycles. The molecule has 26 heavy (non-hydrogen) atoms. The largest absolute Gasteiger partial charge is 0.490 e. The van der Waals surface area contributed by atoms with E-state index in [2.05, 4.69) is 41.3 Å². The molecule has 1 N–H and O–H groups in total. The Morgan fingerprint density at radius 1 is 1.19 bits per heavy atom. The van der Waals surface area contributed by atoms with Crippen molar-refractivity contribution in [2.24, 2.45) is 0 Å². The second kappa shape index (κ2) is 9.00. The lowest BCUT2D eigenvalue weighted by Gasteiger charge is -2.30. The number of ether oxygens (including phenoxy) is 2. The highest BCUT2D eigenvalue weighted by molar-refractivity contribution is 5.59. The summed E-state index contributed by atoms with van der Waals surface area (Å²) in [6.45, 7) is 8.23. The lowest BCUT2D eigenvalue weighted by atomic mass is 10.2. The molecule has 0 radical (unpaired) electrons. The van der Waals surface area contributed by atoms with E-state index < -0.39 is 0 Å².